The fraction of sp³-hybridized carbons (Fsp3) is 0.429. The molecule has 0 aromatic heterocycles. The summed E-state index contributed by atoms with van der Waals surface area (Å²) in [5.74, 6) is -0.816. The molecule has 0 atom stereocenters. The number of rotatable bonds is 4. The Morgan fingerprint density at radius 1 is 1.37 bits per heavy atom. The van der Waals surface area contributed by atoms with Crippen molar-refractivity contribution in [2.24, 2.45) is 5.41 Å². The van der Waals surface area contributed by atoms with E-state index in [4.69, 9.17) is 9.84 Å². The third-order valence-electron chi connectivity index (χ3n) is 3.44. The third kappa shape index (κ3) is 3.24. The number of ether oxygens (including phenoxy) is 1. The largest absolute Gasteiger partial charge is 0.481 e. The Morgan fingerprint density at radius 2 is 2.00 bits per heavy atom. The van der Waals surface area contributed by atoms with Crippen LogP contribution in [0.2, 0.25) is 0 Å². The van der Waals surface area contributed by atoms with Crippen molar-refractivity contribution in [3.8, 4) is 0 Å². The van der Waals surface area contributed by atoms with Crippen molar-refractivity contribution in [2.45, 2.75) is 32.4 Å². The molecule has 0 heterocycles. The van der Waals surface area contributed by atoms with E-state index in [0.717, 1.165) is 5.56 Å². The molecule has 0 saturated heterocycles. The van der Waals surface area contributed by atoms with Crippen LogP contribution in [0.25, 0.3) is 0 Å². The molecule has 1 aliphatic carbocycles. The molecule has 0 spiro atoms. The molecule has 2 rings (SSSR count). The minimum Gasteiger partial charge on any atom is -0.481 e. The lowest BCUT2D eigenvalue weighted by Crippen LogP contribution is -2.52. The van der Waals surface area contributed by atoms with Crippen molar-refractivity contribution in [2.75, 3.05) is 0 Å². The molecule has 1 saturated carbocycles. The minimum absolute atomic E-state index is 0.107. The van der Waals surface area contributed by atoms with E-state index in [1.54, 1.807) is 6.92 Å². The smallest absolute Gasteiger partial charge is 0.407 e. The average molecular weight is 263 g/mol. The Morgan fingerprint density at radius 3 is 2.58 bits per heavy atom. The van der Waals surface area contributed by atoms with Crippen LogP contribution in [-0.4, -0.2) is 23.2 Å². The van der Waals surface area contributed by atoms with Crippen molar-refractivity contribution in [1.82, 2.24) is 5.32 Å². The predicted octanol–water partition coefficient (Wildman–Crippen LogP) is 2.17. The maximum Gasteiger partial charge on any atom is 0.407 e. The van der Waals surface area contributed by atoms with Gasteiger partial charge in [0.25, 0.3) is 0 Å². The number of amides is 1. The lowest BCUT2D eigenvalue weighted by Gasteiger charge is -2.41. The molecule has 1 amide bonds. The molecule has 5 nitrogen and oxygen atoms in total. The lowest BCUT2D eigenvalue weighted by molar-refractivity contribution is -0.154. The van der Waals surface area contributed by atoms with Gasteiger partial charge in [-0.15, -0.1) is 0 Å². The first kappa shape index (κ1) is 13.4. The van der Waals surface area contributed by atoms with Crippen LogP contribution in [0.5, 0.6) is 0 Å². The summed E-state index contributed by atoms with van der Waals surface area (Å²) >= 11 is 0. The summed E-state index contributed by atoms with van der Waals surface area (Å²) in [5, 5.41) is 11.6. The molecule has 0 bridgehead atoms. The van der Waals surface area contributed by atoms with Gasteiger partial charge in [-0.05, 0) is 25.3 Å². The van der Waals surface area contributed by atoms with Crippen molar-refractivity contribution in [3.63, 3.8) is 0 Å². The molecular weight excluding hydrogens is 246 g/mol. The highest BCUT2D eigenvalue weighted by Gasteiger charge is 2.47. The SMILES string of the molecule is CC1(C(=O)O)CC(NC(=O)OCc2ccccc2)C1. The number of hydrogen-bond acceptors (Lipinski definition) is 3. The summed E-state index contributed by atoms with van der Waals surface area (Å²) in [6.45, 7) is 1.90. The van der Waals surface area contributed by atoms with Crippen LogP contribution in [0, 0.1) is 5.41 Å². The van der Waals surface area contributed by atoms with E-state index >= 15 is 0 Å². The van der Waals surface area contributed by atoms with Gasteiger partial charge in [0.1, 0.15) is 6.61 Å². The second kappa shape index (κ2) is 5.30. The summed E-state index contributed by atoms with van der Waals surface area (Å²) in [4.78, 5) is 22.4. The second-order valence-corrected chi connectivity index (χ2v) is 5.18. The van der Waals surface area contributed by atoms with Crippen LogP contribution >= 0.6 is 0 Å². The Balaban J connectivity index is 1.71. The number of carboxylic acid groups (broad SMARTS) is 1. The zero-order valence-corrected chi connectivity index (χ0v) is 10.8. The Hall–Kier alpha value is -2.04. The van der Waals surface area contributed by atoms with E-state index < -0.39 is 17.5 Å². The highest BCUT2D eigenvalue weighted by atomic mass is 16.5. The second-order valence-electron chi connectivity index (χ2n) is 5.18. The first-order valence-electron chi connectivity index (χ1n) is 6.20. The van der Waals surface area contributed by atoms with E-state index in [1.165, 1.54) is 0 Å². The van der Waals surface area contributed by atoms with Gasteiger partial charge in [-0.25, -0.2) is 4.79 Å². The molecule has 1 aromatic rings. The number of carbonyl (C=O) groups is 2. The Kier molecular flexibility index (Phi) is 3.74. The van der Waals surface area contributed by atoms with Crippen molar-refractivity contribution in [3.05, 3.63) is 35.9 Å². The first-order valence-corrected chi connectivity index (χ1v) is 6.20. The van der Waals surface area contributed by atoms with Crippen LogP contribution in [0.4, 0.5) is 4.79 Å². The minimum atomic E-state index is -0.816. The molecular formula is C14H17NO4. The maximum absolute atomic E-state index is 11.5. The van der Waals surface area contributed by atoms with E-state index in [1.807, 2.05) is 30.3 Å². The number of hydrogen-bond donors (Lipinski definition) is 2. The van der Waals surface area contributed by atoms with Crippen molar-refractivity contribution < 1.29 is 19.4 Å². The predicted molar refractivity (Wildman–Crippen MR) is 68.5 cm³/mol. The number of nitrogens with one attached hydrogen (secondary N) is 1. The topological polar surface area (TPSA) is 75.6 Å². The summed E-state index contributed by atoms with van der Waals surface area (Å²) in [6.07, 6.45) is 0.396. The standard InChI is InChI=1S/C14H17NO4/c1-14(12(16)17)7-11(8-14)15-13(18)19-9-10-5-3-2-4-6-10/h2-6,11H,7-9H2,1H3,(H,15,18)(H,16,17). The molecule has 0 aliphatic heterocycles. The van der Waals surface area contributed by atoms with Gasteiger partial charge in [0.05, 0.1) is 5.41 Å². The zero-order chi connectivity index (χ0) is 13.9. The van der Waals surface area contributed by atoms with Gasteiger partial charge >= 0.3 is 12.1 Å². The van der Waals surface area contributed by atoms with Crippen LogP contribution in [0.1, 0.15) is 25.3 Å². The summed E-state index contributed by atoms with van der Waals surface area (Å²) in [6, 6.07) is 9.28. The molecule has 5 heteroatoms. The van der Waals surface area contributed by atoms with Crippen LogP contribution < -0.4 is 5.32 Å². The fourth-order valence-corrected chi connectivity index (χ4v) is 2.24. The Labute approximate surface area is 111 Å². The first-order chi connectivity index (χ1) is 8.99. The summed E-state index contributed by atoms with van der Waals surface area (Å²) in [5.41, 5.74) is 0.207. The highest BCUT2D eigenvalue weighted by Crippen LogP contribution is 2.40. The van der Waals surface area contributed by atoms with E-state index in [9.17, 15) is 9.59 Å². The lowest BCUT2D eigenvalue weighted by atomic mass is 9.67. The monoisotopic (exact) mass is 263 g/mol. The molecule has 0 unspecified atom stereocenters. The van der Waals surface area contributed by atoms with Gasteiger partial charge in [0.15, 0.2) is 0 Å². The summed E-state index contributed by atoms with van der Waals surface area (Å²) < 4.78 is 5.07. The normalized spacial score (nSPS) is 25.2. The molecule has 19 heavy (non-hydrogen) atoms. The number of alkyl carbamates (subject to hydrolysis) is 1. The van der Waals surface area contributed by atoms with Crippen LogP contribution in [0.3, 0.4) is 0 Å². The average Bonchev–Trinajstić information content (AvgIpc) is 2.35. The quantitative estimate of drug-likeness (QED) is 0.872. The number of carbonyl (C=O) groups excluding carboxylic acids is 1. The van der Waals surface area contributed by atoms with E-state index in [-0.39, 0.29) is 12.6 Å². The molecule has 1 fully saturated rings. The molecule has 0 radical (unpaired) electrons. The fourth-order valence-electron chi connectivity index (χ4n) is 2.24. The number of carboxylic acids is 1. The van der Waals surface area contributed by atoms with E-state index in [0.29, 0.717) is 12.8 Å². The van der Waals surface area contributed by atoms with Gasteiger partial charge in [-0.1, -0.05) is 30.3 Å². The van der Waals surface area contributed by atoms with Crippen LogP contribution in [-0.2, 0) is 16.1 Å². The van der Waals surface area contributed by atoms with Gasteiger partial charge in [-0.3, -0.25) is 4.79 Å². The van der Waals surface area contributed by atoms with Gasteiger partial charge in [0, 0.05) is 6.04 Å². The molecule has 102 valence electrons. The van der Waals surface area contributed by atoms with E-state index in [2.05, 4.69) is 5.32 Å². The summed E-state index contributed by atoms with van der Waals surface area (Å²) in [7, 11) is 0. The molecule has 1 aliphatic rings. The van der Waals surface area contributed by atoms with Gasteiger partial charge < -0.3 is 15.2 Å². The molecule has 1 aromatic carbocycles. The Bertz CT molecular complexity index is 466. The van der Waals surface area contributed by atoms with Gasteiger partial charge in [-0.2, -0.15) is 0 Å². The van der Waals surface area contributed by atoms with Crippen LogP contribution in [0.15, 0.2) is 30.3 Å². The van der Waals surface area contributed by atoms with Crippen molar-refractivity contribution in [1.29, 1.82) is 0 Å². The third-order valence-corrected chi connectivity index (χ3v) is 3.44. The van der Waals surface area contributed by atoms with Gasteiger partial charge in [0.2, 0.25) is 0 Å². The maximum atomic E-state index is 11.5. The van der Waals surface area contributed by atoms with Crippen molar-refractivity contribution >= 4 is 12.1 Å². The number of benzene rings is 1. The molecule has 2 N–H and O–H groups in total. The number of aliphatic carboxylic acids is 1. The highest BCUT2D eigenvalue weighted by molar-refractivity contribution is 5.76. The zero-order valence-electron chi connectivity index (χ0n) is 10.8.